The van der Waals surface area contributed by atoms with Crippen molar-refractivity contribution in [1.82, 2.24) is 15.0 Å². The van der Waals surface area contributed by atoms with Crippen molar-refractivity contribution < 1.29 is 4.92 Å². The molecule has 0 bridgehead atoms. The van der Waals surface area contributed by atoms with Gasteiger partial charge in [-0.05, 0) is 24.3 Å². The Morgan fingerprint density at radius 3 is 2.71 bits per heavy atom. The Balaban J connectivity index is 2.01. The number of halogens is 1. The van der Waals surface area contributed by atoms with E-state index in [0.29, 0.717) is 5.02 Å². The topological polar surface area (TPSA) is 87.6 Å². The van der Waals surface area contributed by atoms with Gasteiger partial charge in [-0.2, -0.15) is 0 Å². The van der Waals surface area contributed by atoms with Crippen molar-refractivity contribution in [1.29, 1.82) is 0 Å². The third-order valence-electron chi connectivity index (χ3n) is 4.33. The molecular formula is C17H9ClN4O2. The molecule has 0 spiro atoms. The average Bonchev–Trinajstić information content (AvgIpc) is 3.10. The predicted octanol–water partition coefficient (Wildman–Crippen LogP) is 4.91. The second-order valence-electron chi connectivity index (χ2n) is 5.70. The van der Waals surface area contributed by atoms with Gasteiger partial charge in [0, 0.05) is 44.3 Å². The fraction of sp³-hybridized carbons (Fsp3) is 0. The van der Waals surface area contributed by atoms with Crippen LogP contribution in [0.1, 0.15) is 0 Å². The van der Waals surface area contributed by atoms with Gasteiger partial charge in [-0.1, -0.05) is 11.6 Å². The van der Waals surface area contributed by atoms with Crippen LogP contribution in [0.5, 0.6) is 0 Å². The van der Waals surface area contributed by atoms with E-state index in [0.717, 1.165) is 43.7 Å². The molecule has 2 aromatic carbocycles. The summed E-state index contributed by atoms with van der Waals surface area (Å²) in [5.74, 6) is 0. The van der Waals surface area contributed by atoms with Crippen molar-refractivity contribution in [2.75, 3.05) is 0 Å². The number of nitrogens with zero attached hydrogens (tertiary/aromatic N) is 2. The lowest BCUT2D eigenvalue weighted by molar-refractivity contribution is -0.384. The molecule has 6 nitrogen and oxygen atoms in total. The van der Waals surface area contributed by atoms with Gasteiger partial charge in [0.05, 0.1) is 27.7 Å². The van der Waals surface area contributed by atoms with Crippen LogP contribution in [-0.2, 0) is 0 Å². The first-order chi connectivity index (χ1) is 11.6. The summed E-state index contributed by atoms with van der Waals surface area (Å²) in [5.41, 5.74) is 4.28. The van der Waals surface area contributed by atoms with Gasteiger partial charge in [0.15, 0.2) is 0 Å². The molecule has 0 fully saturated rings. The number of nitro benzene ring substituents is 1. The number of nitrogens with one attached hydrogen (secondary N) is 2. The number of hydrogen-bond donors (Lipinski definition) is 2. The molecule has 5 rings (SSSR count). The van der Waals surface area contributed by atoms with E-state index >= 15 is 0 Å². The second kappa shape index (κ2) is 4.46. The van der Waals surface area contributed by atoms with Crippen LogP contribution >= 0.6 is 11.6 Å². The lowest BCUT2D eigenvalue weighted by atomic mass is 10.1. The minimum atomic E-state index is -0.387. The fourth-order valence-electron chi connectivity index (χ4n) is 3.28. The minimum absolute atomic E-state index is 0.0625. The van der Waals surface area contributed by atoms with Gasteiger partial charge < -0.3 is 9.97 Å². The number of rotatable bonds is 1. The maximum Gasteiger partial charge on any atom is 0.270 e. The number of aromatic nitrogens is 3. The zero-order valence-electron chi connectivity index (χ0n) is 12.1. The van der Waals surface area contributed by atoms with Crippen LogP contribution in [0.15, 0.2) is 42.6 Å². The van der Waals surface area contributed by atoms with E-state index in [4.69, 9.17) is 11.6 Å². The predicted molar refractivity (Wildman–Crippen MR) is 94.6 cm³/mol. The molecule has 5 aromatic rings. The zero-order chi connectivity index (χ0) is 16.4. The SMILES string of the molecule is O=[N+]([O-])c1ccc2[nH]c3cnc4c5ccc(Cl)cc5[nH]c4c3c2c1. The fourth-order valence-corrected chi connectivity index (χ4v) is 3.45. The standard InChI is InChI=1S/C17H9ClN4O2/c18-8-1-3-10-13(5-8)21-17-15-11-6-9(22(23)24)2-4-12(11)20-14(15)7-19-16(10)17/h1-7,20-21H. The van der Waals surface area contributed by atoms with E-state index in [1.807, 2.05) is 18.2 Å². The Bertz CT molecular complexity index is 1300. The molecule has 116 valence electrons. The van der Waals surface area contributed by atoms with Crippen LogP contribution in [0.25, 0.3) is 43.7 Å². The number of non-ortho nitro benzene ring substituents is 1. The molecule has 0 saturated carbocycles. The number of benzene rings is 2. The summed E-state index contributed by atoms with van der Waals surface area (Å²) in [7, 11) is 0. The van der Waals surface area contributed by atoms with Crippen molar-refractivity contribution in [3.63, 3.8) is 0 Å². The summed E-state index contributed by atoms with van der Waals surface area (Å²) in [6, 6.07) is 10.4. The van der Waals surface area contributed by atoms with Gasteiger partial charge in [0.2, 0.25) is 0 Å². The number of H-pyrrole nitrogens is 2. The summed E-state index contributed by atoms with van der Waals surface area (Å²) in [5, 5.41) is 14.4. The third kappa shape index (κ3) is 1.68. The van der Waals surface area contributed by atoms with Crippen LogP contribution in [-0.4, -0.2) is 19.9 Å². The summed E-state index contributed by atoms with van der Waals surface area (Å²) in [4.78, 5) is 21.9. The van der Waals surface area contributed by atoms with E-state index in [1.165, 1.54) is 6.07 Å². The lowest BCUT2D eigenvalue weighted by Crippen LogP contribution is -1.86. The van der Waals surface area contributed by atoms with E-state index in [2.05, 4.69) is 15.0 Å². The highest BCUT2D eigenvalue weighted by Gasteiger charge is 2.16. The molecule has 0 radical (unpaired) electrons. The monoisotopic (exact) mass is 336 g/mol. The zero-order valence-corrected chi connectivity index (χ0v) is 12.9. The van der Waals surface area contributed by atoms with Gasteiger partial charge in [-0.25, -0.2) is 0 Å². The number of aromatic amines is 2. The van der Waals surface area contributed by atoms with Crippen LogP contribution in [0.2, 0.25) is 5.02 Å². The molecule has 2 N–H and O–H groups in total. The Morgan fingerprint density at radius 1 is 1.00 bits per heavy atom. The molecule has 3 aromatic heterocycles. The number of hydrogen-bond acceptors (Lipinski definition) is 3. The first-order valence-electron chi connectivity index (χ1n) is 7.27. The maximum atomic E-state index is 11.1. The van der Waals surface area contributed by atoms with Gasteiger partial charge >= 0.3 is 0 Å². The van der Waals surface area contributed by atoms with Crippen molar-refractivity contribution in [3.8, 4) is 0 Å². The first kappa shape index (κ1) is 13.3. The van der Waals surface area contributed by atoms with Crippen LogP contribution in [0.4, 0.5) is 5.69 Å². The summed E-state index contributed by atoms with van der Waals surface area (Å²) in [6.45, 7) is 0. The van der Waals surface area contributed by atoms with E-state index in [-0.39, 0.29) is 10.6 Å². The first-order valence-corrected chi connectivity index (χ1v) is 7.65. The van der Waals surface area contributed by atoms with Crippen LogP contribution in [0.3, 0.4) is 0 Å². The molecule has 0 amide bonds. The van der Waals surface area contributed by atoms with Crippen molar-refractivity contribution in [2.24, 2.45) is 0 Å². The smallest absolute Gasteiger partial charge is 0.270 e. The molecule has 24 heavy (non-hydrogen) atoms. The summed E-state index contributed by atoms with van der Waals surface area (Å²) >= 11 is 6.07. The minimum Gasteiger partial charge on any atom is -0.353 e. The Labute approximate surface area is 139 Å². The molecule has 0 aliphatic heterocycles. The Kier molecular flexibility index (Phi) is 2.47. The second-order valence-corrected chi connectivity index (χ2v) is 6.13. The Hall–Kier alpha value is -3.12. The summed E-state index contributed by atoms with van der Waals surface area (Å²) in [6.07, 6.45) is 1.76. The number of fused-ring (bicyclic) bond motifs is 7. The van der Waals surface area contributed by atoms with Gasteiger partial charge in [-0.3, -0.25) is 15.1 Å². The quantitative estimate of drug-likeness (QED) is 0.336. The third-order valence-corrected chi connectivity index (χ3v) is 4.56. The molecule has 0 saturated heterocycles. The van der Waals surface area contributed by atoms with Gasteiger partial charge in [-0.15, -0.1) is 0 Å². The maximum absolute atomic E-state index is 11.1. The number of pyridine rings is 1. The van der Waals surface area contributed by atoms with E-state index in [9.17, 15) is 10.1 Å². The molecule has 0 aliphatic carbocycles. The highest BCUT2D eigenvalue weighted by molar-refractivity contribution is 6.32. The van der Waals surface area contributed by atoms with Gasteiger partial charge in [0.25, 0.3) is 5.69 Å². The molecular weight excluding hydrogens is 328 g/mol. The molecule has 0 atom stereocenters. The molecule has 7 heteroatoms. The van der Waals surface area contributed by atoms with E-state index in [1.54, 1.807) is 18.3 Å². The largest absolute Gasteiger partial charge is 0.353 e. The number of nitro groups is 1. The van der Waals surface area contributed by atoms with E-state index < -0.39 is 0 Å². The van der Waals surface area contributed by atoms with Crippen molar-refractivity contribution in [2.45, 2.75) is 0 Å². The lowest BCUT2D eigenvalue weighted by Gasteiger charge is -1.95. The van der Waals surface area contributed by atoms with Crippen LogP contribution < -0.4 is 0 Å². The Morgan fingerprint density at radius 2 is 1.88 bits per heavy atom. The van der Waals surface area contributed by atoms with Crippen molar-refractivity contribution in [3.05, 3.63) is 57.7 Å². The highest BCUT2D eigenvalue weighted by atomic mass is 35.5. The molecule has 3 heterocycles. The van der Waals surface area contributed by atoms with Gasteiger partial charge in [0.1, 0.15) is 0 Å². The highest BCUT2D eigenvalue weighted by Crippen LogP contribution is 2.35. The normalized spacial score (nSPS) is 11.9. The van der Waals surface area contributed by atoms with Crippen molar-refractivity contribution >= 4 is 61.0 Å². The van der Waals surface area contributed by atoms with Crippen LogP contribution in [0, 0.1) is 10.1 Å². The average molecular weight is 337 g/mol. The molecule has 0 unspecified atom stereocenters. The molecule has 0 aliphatic rings. The summed E-state index contributed by atoms with van der Waals surface area (Å²) < 4.78 is 0.